The van der Waals surface area contributed by atoms with Crippen LogP contribution in [0.3, 0.4) is 0 Å². The second-order valence-electron chi connectivity index (χ2n) is 4.13. The average Bonchev–Trinajstić information content (AvgIpc) is 2.73. The number of nitrogens with one attached hydrogen (secondary N) is 1. The van der Waals surface area contributed by atoms with Crippen molar-refractivity contribution in [2.24, 2.45) is 0 Å². The van der Waals surface area contributed by atoms with Gasteiger partial charge in [-0.3, -0.25) is 0 Å². The number of fused-ring (bicyclic) bond motifs is 1. The number of rotatable bonds is 2. The van der Waals surface area contributed by atoms with Gasteiger partial charge in [-0.15, -0.1) is 0 Å². The van der Waals surface area contributed by atoms with Gasteiger partial charge in [0.15, 0.2) is 5.82 Å². The van der Waals surface area contributed by atoms with Crippen LogP contribution in [0.1, 0.15) is 11.4 Å². The molecular formula is C14H10BrFN2. The Balaban J connectivity index is 1.98. The Morgan fingerprint density at radius 3 is 2.78 bits per heavy atom. The van der Waals surface area contributed by atoms with E-state index in [1.54, 1.807) is 6.07 Å². The van der Waals surface area contributed by atoms with Crippen molar-refractivity contribution in [1.29, 1.82) is 0 Å². The summed E-state index contributed by atoms with van der Waals surface area (Å²) < 4.78 is 14.5. The summed E-state index contributed by atoms with van der Waals surface area (Å²) >= 11 is 3.43. The molecule has 0 saturated heterocycles. The maximum absolute atomic E-state index is 13.5. The summed E-state index contributed by atoms with van der Waals surface area (Å²) in [6.07, 6.45) is 0.660. The van der Waals surface area contributed by atoms with Gasteiger partial charge in [0.1, 0.15) is 11.3 Å². The van der Waals surface area contributed by atoms with E-state index in [9.17, 15) is 4.39 Å². The van der Waals surface area contributed by atoms with E-state index in [1.165, 1.54) is 6.07 Å². The van der Waals surface area contributed by atoms with Crippen LogP contribution in [-0.4, -0.2) is 9.97 Å². The van der Waals surface area contributed by atoms with E-state index in [0.717, 1.165) is 21.4 Å². The summed E-state index contributed by atoms with van der Waals surface area (Å²) in [5.41, 5.74) is 2.27. The smallest absolute Gasteiger partial charge is 0.151 e. The fourth-order valence-electron chi connectivity index (χ4n) is 1.97. The summed E-state index contributed by atoms with van der Waals surface area (Å²) in [5, 5.41) is 0. The second kappa shape index (κ2) is 4.53. The van der Waals surface area contributed by atoms with E-state index in [2.05, 4.69) is 25.9 Å². The lowest BCUT2D eigenvalue weighted by Gasteiger charge is -1.98. The van der Waals surface area contributed by atoms with Crippen LogP contribution in [-0.2, 0) is 6.42 Å². The quantitative estimate of drug-likeness (QED) is 0.760. The van der Waals surface area contributed by atoms with Crippen molar-refractivity contribution in [1.82, 2.24) is 9.97 Å². The highest BCUT2D eigenvalue weighted by molar-refractivity contribution is 9.10. The lowest BCUT2D eigenvalue weighted by atomic mass is 10.1. The van der Waals surface area contributed by atoms with Gasteiger partial charge in [0, 0.05) is 10.9 Å². The molecule has 0 amide bonds. The van der Waals surface area contributed by atoms with Crippen molar-refractivity contribution in [2.75, 3.05) is 0 Å². The number of hydrogen-bond donors (Lipinski definition) is 1. The minimum Gasteiger partial charge on any atom is -0.342 e. The highest BCUT2D eigenvalue weighted by Gasteiger charge is 2.07. The van der Waals surface area contributed by atoms with E-state index in [0.29, 0.717) is 11.9 Å². The fourth-order valence-corrected chi connectivity index (χ4v) is 2.42. The fraction of sp³-hybridized carbons (Fsp3) is 0.0714. The Hall–Kier alpha value is -1.68. The molecular weight excluding hydrogens is 295 g/mol. The lowest BCUT2D eigenvalue weighted by Crippen LogP contribution is -1.90. The first kappa shape index (κ1) is 11.4. The molecule has 3 rings (SSSR count). The van der Waals surface area contributed by atoms with Gasteiger partial charge in [-0.25, -0.2) is 9.37 Å². The largest absolute Gasteiger partial charge is 0.342 e. The molecule has 2 aromatic carbocycles. The molecule has 18 heavy (non-hydrogen) atoms. The highest BCUT2D eigenvalue weighted by atomic mass is 79.9. The lowest BCUT2D eigenvalue weighted by molar-refractivity contribution is 0.637. The van der Waals surface area contributed by atoms with Crippen LogP contribution in [0.15, 0.2) is 46.9 Å². The van der Waals surface area contributed by atoms with Crippen molar-refractivity contribution in [3.05, 3.63) is 64.1 Å². The Morgan fingerprint density at radius 2 is 2.00 bits per heavy atom. The third-order valence-electron chi connectivity index (χ3n) is 2.77. The molecule has 0 spiro atoms. The van der Waals surface area contributed by atoms with Gasteiger partial charge in [0.2, 0.25) is 0 Å². The van der Waals surface area contributed by atoms with Crippen LogP contribution in [0.25, 0.3) is 11.0 Å². The zero-order valence-electron chi connectivity index (χ0n) is 9.45. The first-order valence-corrected chi connectivity index (χ1v) is 6.39. The van der Waals surface area contributed by atoms with E-state index >= 15 is 0 Å². The van der Waals surface area contributed by atoms with Gasteiger partial charge in [-0.1, -0.05) is 34.1 Å². The molecule has 0 unspecified atom stereocenters. The molecule has 3 aromatic rings. The summed E-state index contributed by atoms with van der Waals surface area (Å²) in [4.78, 5) is 7.43. The SMILES string of the molecule is Fc1cccc2[nH]c(Cc3cccc(Br)c3)nc12. The number of halogens is 2. The molecule has 1 aromatic heterocycles. The highest BCUT2D eigenvalue weighted by Crippen LogP contribution is 2.18. The molecule has 2 nitrogen and oxygen atoms in total. The van der Waals surface area contributed by atoms with E-state index in [4.69, 9.17) is 0 Å². The molecule has 0 radical (unpaired) electrons. The van der Waals surface area contributed by atoms with Gasteiger partial charge in [0.25, 0.3) is 0 Å². The third-order valence-corrected chi connectivity index (χ3v) is 3.27. The number of aromatic amines is 1. The first-order chi connectivity index (χ1) is 8.72. The minimum absolute atomic E-state index is 0.288. The number of benzene rings is 2. The van der Waals surface area contributed by atoms with Crippen LogP contribution in [0, 0.1) is 5.82 Å². The molecule has 0 aliphatic heterocycles. The monoisotopic (exact) mass is 304 g/mol. The molecule has 0 bridgehead atoms. The van der Waals surface area contributed by atoms with Crippen LogP contribution in [0.5, 0.6) is 0 Å². The van der Waals surface area contributed by atoms with Crippen LogP contribution >= 0.6 is 15.9 Å². The molecule has 0 fully saturated rings. The summed E-state index contributed by atoms with van der Waals surface area (Å²) in [7, 11) is 0. The zero-order valence-corrected chi connectivity index (χ0v) is 11.0. The number of aromatic nitrogens is 2. The summed E-state index contributed by atoms with van der Waals surface area (Å²) in [6, 6.07) is 12.9. The number of nitrogens with zero attached hydrogens (tertiary/aromatic N) is 1. The van der Waals surface area contributed by atoms with Gasteiger partial charge in [-0.2, -0.15) is 0 Å². The molecule has 1 heterocycles. The predicted molar refractivity (Wildman–Crippen MR) is 73.0 cm³/mol. The average molecular weight is 305 g/mol. The minimum atomic E-state index is -0.288. The molecule has 0 saturated carbocycles. The topological polar surface area (TPSA) is 28.7 Å². The second-order valence-corrected chi connectivity index (χ2v) is 5.04. The summed E-state index contributed by atoms with van der Waals surface area (Å²) in [6.45, 7) is 0. The molecule has 0 aliphatic rings. The zero-order chi connectivity index (χ0) is 12.5. The van der Waals surface area contributed by atoms with Crippen molar-refractivity contribution in [3.8, 4) is 0 Å². The standard InChI is InChI=1S/C14H10BrFN2/c15-10-4-1-3-9(7-10)8-13-17-12-6-2-5-11(16)14(12)18-13/h1-7H,8H2,(H,17,18). The normalized spacial score (nSPS) is 11.0. The van der Waals surface area contributed by atoms with Crippen LogP contribution in [0.2, 0.25) is 0 Å². The molecule has 90 valence electrons. The van der Waals surface area contributed by atoms with Crippen molar-refractivity contribution < 1.29 is 4.39 Å². The Morgan fingerprint density at radius 1 is 1.17 bits per heavy atom. The molecule has 1 N–H and O–H groups in total. The molecule has 4 heteroatoms. The summed E-state index contributed by atoms with van der Waals surface area (Å²) in [5.74, 6) is 0.484. The van der Waals surface area contributed by atoms with E-state index in [1.807, 2.05) is 30.3 Å². The van der Waals surface area contributed by atoms with Gasteiger partial charge in [0.05, 0.1) is 5.52 Å². The third kappa shape index (κ3) is 2.16. The van der Waals surface area contributed by atoms with E-state index in [-0.39, 0.29) is 5.82 Å². The van der Waals surface area contributed by atoms with Gasteiger partial charge >= 0.3 is 0 Å². The molecule has 0 atom stereocenters. The van der Waals surface area contributed by atoms with Crippen LogP contribution in [0.4, 0.5) is 4.39 Å². The van der Waals surface area contributed by atoms with Crippen molar-refractivity contribution in [2.45, 2.75) is 6.42 Å². The van der Waals surface area contributed by atoms with Crippen molar-refractivity contribution >= 4 is 27.0 Å². The van der Waals surface area contributed by atoms with Gasteiger partial charge < -0.3 is 4.98 Å². The van der Waals surface area contributed by atoms with Crippen LogP contribution < -0.4 is 0 Å². The van der Waals surface area contributed by atoms with E-state index < -0.39 is 0 Å². The Bertz CT molecular complexity index is 706. The van der Waals surface area contributed by atoms with Crippen molar-refractivity contribution in [3.63, 3.8) is 0 Å². The number of H-pyrrole nitrogens is 1. The first-order valence-electron chi connectivity index (χ1n) is 5.60. The number of hydrogen-bond acceptors (Lipinski definition) is 1. The Labute approximate surface area is 112 Å². The number of imidazole rings is 1. The van der Waals surface area contributed by atoms with Gasteiger partial charge in [-0.05, 0) is 29.8 Å². The predicted octanol–water partition coefficient (Wildman–Crippen LogP) is 4.06. The molecule has 0 aliphatic carbocycles. The number of para-hydroxylation sites is 1. The maximum Gasteiger partial charge on any atom is 0.151 e. The maximum atomic E-state index is 13.5. The Kier molecular flexibility index (Phi) is 2.88.